The number of hydrogen-bond acceptors (Lipinski definition) is 6. The lowest BCUT2D eigenvalue weighted by atomic mass is 10.3. The van der Waals surface area contributed by atoms with Crippen LogP contribution < -0.4 is 10.6 Å². The Labute approximate surface area is 156 Å². The van der Waals surface area contributed by atoms with Crippen molar-refractivity contribution >= 4 is 5.91 Å². The molecule has 1 amide bonds. The Bertz CT molecular complexity index is 311. The van der Waals surface area contributed by atoms with Crippen LogP contribution in [-0.2, 0) is 23.7 Å². The molecular weight excluding hydrogens is 324 g/mol. The van der Waals surface area contributed by atoms with Crippen molar-refractivity contribution in [2.24, 2.45) is 0 Å². The minimum atomic E-state index is -0.0861. The fraction of sp³-hybridized carbons (Fsp3) is 0.944. The first-order chi connectivity index (χ1) is 12.0. The van der Waals surface area contributed by atoms with Crippen LogP contribution >= 0.6 is 0 Å². The first-order valence-electron chi connectivity index (χ1n) is 9.37. The highest BCUT2D eigenvalue weighted by atomic mass is 16.5. The fourth-order valence-corrected chi connectivity index (χ4v) is 1.80. The summed E-state index contributed by atoms with van der Waals surface area (Å²) in [6.07, 6.45) is 1.86. The zero-order valence-corrected chi connectivity index (χ0v) is 16.5. The van der Waals surface area contributed by atoms with Gasteiger partial charge in [0.1, 0.15) is 6.61 Å². The van der Waals surface area contributed by atoms with E-state index < -0.39 is 0 Å². The van der Waals surface area contributed by atoms with Crippen LogP contribution in [0, 0.1) is 0 Å². The third-order valence-electron chi connectivity index (χ3n) is 3.10. The lowest BCUT2D eigenvalue weighted by Gasteiger charge is -2.09. The summed E-state index contributed by atoms with van der Waals surface area (Å²) in [5.41, 5.74) is 0. The molecule has 0 aliphatic carbocycles. The van der Waals surface area contributed by atoms with Crippen LogP contribution in [0.5, 0.6) is 0 Å². The standard InChI is InChI=1S/C18H38N2O5.2H2/c1-16(2)19-7-5-9-22-11-13-24-14-12-23-10-6-8-20-18(21)15-25-17(3)4;;/h16-17,19H,5-15H2,1-4H3,(H,20,21);2*1H. The molecule has 0 aliphatic rings. The highest BCUT2D eigenvalue weighted by molar-refractivity contribution is 5.77. The molecule has 0 atom stereocenters. The van der Waals surface area contributed by atoms with E-state index in [9.17, 15) is 4.79 Å². The predicted octanol–water partition coefficient (Wildman–Crippen LogP) is 1.85. The van der Waals surface area contributed by atoms with Gasteiger partial charge in [-0.15, -0.1) is 0 Å². The Balaban J connectivity index is -0.00000288. The minimum Gasteiger partial charge on any atom is -0.379 e. The molecule has 0 bridgehead atoms. The highest BCUT2D eigenvalue weighted by Crippen LogP contribution is 1.88. The second kappa shape index (κ2) is 18.1. The second-order valence-corrected chi connectivity index (χ2v) is 6.36. The molecule has 0 aromatic rings. The molecule has 0 unspecified atom stereocenters. The maximum atomic E-state index is 11.4. The van der Waals surface area contributed by atoms with Gasteiger partial charge in [0.15, 0.2) is 0 Å². The van der Waals surface area contributed by atoms with Crippen molar-refractivity contribution in [3.63, 3.8) is 0 Å². The van der Waals surface area contributed by atoms with Gasteiger partial charge < -0.3 is 29.6 Å². The Morgan fingerprint density at radius 1 is 0.840 bits per heavy atom. The topological polar surface area (TPSA) is 78.0 Å². The first-order valence-corrected chi connectivity index (χ1v) is 9.37. The molecule has 0 aromatic carbocycles. The molecule has 0 aromatic heterocycles. The van der Waals surface area contributed by atoms with E-state index >= 15 is 0 Å². The average Bonchev–Trinajstić information content (AvgIpc) is 2.56. The van der Waals surface area contributed by atoms with Crippen LogP contribution in [0.15, 0.2) is 0 Å². The van der Waals surface area contributed by atoms with E-state index in [-0.39, 0.29) is 21.5 Å². The maximum absolute atomic E-state index is 11.4. The van der Waals surface area contributed by atoms with Crippen LogP contribution in [0.2, 0.25) is 0 Å². The largest absolute Gasteiger partial charge is 0.379 e. The Morgan fingerprint density at radius 2 is 1.36 bits per heavy atom. The number of hydrogen-bond donors (Lipinski definition) is 2. The van der Waals surface area contributed by atoms with Crippen LogP contribution in [0.1, 0.15) is 43.4 Å². The summed E-state index contributed by atoms with van der Waals surface area (Å²) in [7, 11) is 0. The van der Waals surface area contributed by atoms with E-state index in [1.54, 1.807) is 0 Å². The van der Waals surface area contributed by atoms with Gasteiger partial charge in [-0.05, 0) is 33.2 Å². The highest BCUT2D eigenvalue weighted by Gasteiger charge is 2.02. The van der Waals surface area contributed by atoms with Crippen LogP contribution in [0.3, 0.4) is 0 Å². The minimum absolute atomic E-state index is 0. The molecule has 154 valence electrons. The zero-order chi connectivity index (χ0) is 18.8. The molecule has 0 heterocycles. The summed E-state index contributed by atoms with van der Waals surface area (Å²) in [4.78, 5) is 11.4. The molecule has 25 heavy (non-hydrogen) atoms. The molecule has 0 radical (unpaired) electrons. The van der Waals surface area contributed by atoms with Gasteiger partial charge in [0.25, 0.3) is 0 Å². The SMILES string of the molecule is CC(C)NCCCOCCOCCOCCCNC(=O)COC(C)C.[HH].[HH]. The van der Waals surface area contributed by atoms with E-state index in [2.05, 4.69) is 24.5 Å². The van der Waals surface area contributed by atoms with Crippen molar-refractivity contribution in [1.82, 2.24) is 10.6 Å². The quantitative estimate of drug-likeness (QED) is 0.361. The van der Waals surface area contributed by atoms with Gasteiger partial charge in [0, 0.05) is 28.7 Å². The number of ether oxygens (including phenoxy) is 4. The molecule has 7 nitrogen and oxygen atoms in total. The van der Waals surface area contributed by atoms with Crippen LogP contribution in [0.4, 0.5) is 0 Å². The number of carbonyl (C=O) groups excluding carboxylic acids is 1. The van der Waals surface area contributed by atoms with Crippen molar-refractivity contribution < 1.29 is 26.6 Å². The first kappa shape index (κ1) is 24.3. The summed E-state index contributed by atoms with van der Waals surface area (Å²) in [6, 6.07) is 0.526. The Morgan fingerprint density at radius 3 is 1.88 bits per heavy atom. The fourth-order valence-electron chi connectivity index (χ4n) is 1.80. The van der Waals surface area contributed by atoms with E-state index in [4.69, 9.17) is 18.9 Å². The van der Waals surface area contributed by atoms with Crippen LogP contribution in [0.25, 0.3) is 0 Å². The normalized spacial score (nSPS) is 11.4. The van der Waals surface area contributed by atoms with Crippen molar-refractivity contribution in [3.05, 3.63) is 0 Å². The van der Waals surface area contributed by atoms with Crippen molar-refractivity contribution in [2.75, 3.05) is 59.3 Å². The van der Waals surface area contributed by atoms with Gasteiger partial charge in [0.05, 0.1) is 32.5 Å². The van der Waals surface area contributed by atoms with Gasteiger partial charge in [-0.1, -0.05) is 13.8 Å². The Hall–Kier alpha value is -0.730. The molecule has 0 rings (SSSR count). The summed E-state index contributed by atoms with van der Waals surface area (Å²) in [5.74, 6) is -0.0861. The second-order valence-electron chi connectivity index (χ2n) is 6.36. The molecule has 0 aliphatic heterocycles. The van der Waals surface area contributed by atoms with Crippen molar-refractivity contribution in [3.8, 4) is 0 Å². The van der Waals surface area contributed by atoms with Gasteiger partial charge in [-0.2, -0.15) is 0 Å². The Kier molecular flexibility index (Phi) is 17.5. The monoisotopic (exact) mass is 366 g/mol. The van der Waals surface area contributed by atoms with Crippen molar-refractivity contribution in [1.29, 1.82) is 0 Å². The molecule has 0 saturated heterocycles. The lowest BCUT2D eigenvalue weighted by molar-refractivity contribution is -0.127. The van der Waals surface area contributed by atoms with Crippen LogP contribution in [-0.4, -0.2) is 77.4 Å². The van der Waals surface area contributed by atoms with E-state index in [0.29, 0.717) is 45.6 Å². The van der Waals surface area contributed by atoms with E-state index in [1.807, 2.05) is 13.8 Å². The molecule has 2 N–H and O–H groups in total. The molecule has 0 saturated carbocycles. The summed E-state index contributed by atoms with van der Waals surface area (Å²) >= 11 is 0. The number of rotatable bonds is 18. The molecule has 0 spiro atoms. The number of carbonyl (C=O) groups is 1. The third-order valence-corrected chi connectivity index (χ3v) is 3.10. The third kappa shape index (κ3) is 21.2. The summed E-state index contributed by atoms with van der Waals surface area (Å²) in [5, 5.41) is 6.13. The number of amides is 1. The number of nitrogens with one attached hydrogen (secondary N) is 2. The maximum Gasteiger partial charge on any atom is 0.246 e. The molecule has 7 heteroatoms. The van der Waals surface area contributed by atoms with Crippen molar-refractivity contribution in [2.45, 2.75) is 52.7 Å². The van der Waals surface area contributed by atoms with Gasteiger partial charge >= 0.3 is 0 Å². The summed E-state index contributed by atoms with van der Waals surface area (Å²) < 4.78 is 21.5. The summed E-state index contributed by atoms with van der Waals surface area (Å²) in [6.45, 7) is 13.5. The van der Waals surface area contributed by atoms with Gasteiger partial charge in [-0.25, -0.2) is 0 Å². The van der Waals surface area contributed by atoms with Gasteiger partial charge in [-0.3, -0.25) is 4.79 Å². The zero-order valence-electron chi connectivity index (χ0n) is 16.5. The van der Waals surface area contributed by atoms with Gasteiger partial charge in [0.2, 0.25) is 5.91 Å². The molecular formula is C18H42N2O5. The average molecular weight is 367 g/mol. The molecule has 0 fully saturated rings. The smallest absolute Gasteiger partial charge is 0.246 e. The van der Waals surface area contributed by atoms with E-state index in [1.165, 1.54) is 0 Å². The predicted molar refractivity (Wildman–Crippen MR) is 103 cm³/mol. The van der Waals surface area contributed by atoms with E-state index in [0.717, 1.165) is 26.0 Å². The lowest BCUT2D eigenvalue weighted by Crippen LogP contribution is -2.30.